The first-order valence-electron chi connectivity index (χ1n) is 2.05. The second kappa shape index (κ2) is 3.99. The lowest BCUT2D eigenvalue weighted by molar-refractivity contribution is -0.139. The predicted octanol–water partition coefficient (Wildman–Crippen LogP) is 0.697. The van der Waals surface area contributed by atoms with E-state index in [-0.39, 0.29) is 5.75 Å². The Balaban J connectivity index is 2.82. The number of carbonyl (C=O) groups is 1. The van der Waals surface area contributed by atoms with Gasteiger partial charge in [0.25, 0.3) is 0 Å². The third-order valence-electron chi connectivity index (χ3n) is 0.424. The molecular weight excluding hydrogens is 112 g/mol. The maximum absolute atomic E-state index is 9.63. The average Bonchev–Trinajstić information content (AvgIpc) is 1.61. The average molecular weight is 119 g/mol. The van der Waals surface area contributed by atoms with Crippen LogP contribution in [0.5, 0.6) is 0 Å². The number of thioether (sulfide) groups is 1. The van der Waals surface area contributed by atoms with E-state index >= 15 is 0 Å². The van der Waals surface area contributed by atoms with E-state index in [0.29, 0.717) is 0 Å². The SMILES string of the molecule is CCSCC([O])=O. The third-order valence-corrected chi connectivity index (χ3v) is 1.27. The normalized spacial score (nSPS) is 8.71. The minimum absolute atomic E-state index is 0.122. The summed E-state index contributed by atoms with van der Waals surface area (Å²) in [5.41, 5.74) is 0. The molecule has 0 aliphatic rings. The molecule has 0 heterocycles. The van der Waals surface area contributed by atoms with Gasteiger partial charge in [-0.1, -0.05) is 6.92 Å². The molecule has 0 N–H and O–H groups in total. The summed E-state index contributed by atoms with van der Waals surface area (Å²) >= 11 is 1.35. The van der Waals surface area contributed by atoms with E-state index in [9.17, 15) is 9.90 Å². The van der Waals surface area contributed by atoms with Crippen molar-refractivity contribution in [3.05, 3.63) is 0 Å². The molecule has 0 atom stereocenters. The summed E-state index contributed by atoms with van der Waals surface area (Å²) in [5, 5.41) is 9.63. The van der Waals surface area contributed by atoms with Crippen LogP contribution in [0.25, 0.3) is 0 Å². The third kappa shape index (κ3) is 5.82. The monoisotopic (exact) mass is 119 g/mol. The first kappa shape index (κ1) is 6.82. The number of hydrogen-bond donors (Lipinski definition) is 0. The Labute approximate surface area is 46.9 Å². The van der Waals surface area contributed by atoms with E-state index < -0.39 is 5.97 Å². The van der Waals surface area contributed by atoms with Crippen molar-refractivity contribution in [2.75, 3.05) is 11.5 Å². The number of rotatable bonds is 3. The minimum atomic E-state index is -0.980. The number of hydrogen-bond acceptors (Lipinski definition) is 2. The molecule has 0 unspecified atom stereocenters. The lowest BCUT2D eigenvalue weighted by Crippen LogP contribution is -1.95. The van der Waals surface area contributed by atoms with Crippen molar-refractivity contribution < 1.29 is 9.90 Å². The van der Waals surface area contributed by atoms with Crippen LogP contribution < -0.4 is 0 Å². The zero-order valence-corrected chi connectivity index (χ0v) is 4.96. The summed E-state index contributed by atoms with van der Waals surface area (Å²) in [7, 11) is 0. The molecule has 0 bridgehead atoms. The van der Waals surface area contributed by atoms with Gasteiger partial charge in [0.05, 0.1) is 5.75 Å². The molecule has 0 rings (SSSR count). The van der Waals surface area contributed by atoms with Crippen LogP contribution in [-0.4, -0.2) is 17.5 Å². The molecule has 2 nitrogen and oxygen atoms in total. The summed E-state index contributed by atoms with van der Waals surface area (Å²) in [6.45, 7) is 1.91. The van der Waals surface area contributed by atoms with Crippen LogP contribution in [0.15, 0.2) is 0 Å². The summed E-state index contributed by atoms with van der Waals surface area (Å²) in [6.07, 6.45) is 0. The quantitative estimate of drug-likeness (QED) is 0.548. The van der Waals surface area contributed by atoms with Crippen molar-refractivity contribution in [3.63, 3.8) is 0 Å². The van der Waals surface area contributed by atoms with Crippen LogP contribution in [0.1, 0.15) is 6.92 Å². The second-order valence-electron chi connectivity index (χ2n) is 1.01. The first-order valence-corrected chi connectivity index (χ1v) is 3.20. The summed E-state index contributed by atoms with van der Waals surface area (Å²) < 4.78 is 0. The van der Waals surface area contributed by atoms with Crippen molar-refractivity contribution in [1.82, 2.24) is 0 Å². The van der Waals surface area contributed by atoms with Gasteiger partial charge in [0.1, 0.15) is 0 Å². The van der Waals surface area contributed by atoms with Gasteiger partial charge in [0, 0.05) is 0 Å². The largest absolute Gasteiger partial charge is 0.365 e. The first-order chi connectivity index (χ1) is 3.27. The predicted molar refractivity (Wildman–Crippen MR) is 28.7 cm³/mol. The van der Waals surface area contributed by atoms with Crippen LogP contribution in [0.2, 0.25) is 0 Å². The van der Waals surface area contributed by atoms with Gasteiger partial charge < -0.3 is 0 Å². The highest BCUT2D eigenvalue weighted by Crippen LogP contribution is 1.95. The van der Waals surface area contributed by atoms with Gasteiger partial charge in [0.2, 0.25) is 0 Å². The Morgan fingerprint density at radius 1 is 1.71 bits per heavy atom. The van der Waals surface area contributed by atoms with Gasteiger partial charge in [-0.2, -0.15) is 11.8 Å². The van der Waals surface area contributed by atoms with Crippen molar-refractivity contribution in [2.24, 2.45) is 0 Å². The minimum Gasteiger partial charge on any atom is -0.246 e. The van der Waals surface area contributed by atoms with Crippen molar-refractivity contribution >= 4 is 17.7 Å². The molecule has 7 heavy (non-hydrogen) atoms. The molecule has 3 heteroatoms. The fourth-order valence-corrected chi connectivity index (χ4v) is 0.556. The van der Waals surface area contributed by atoms with E-state index in [1.54, 1.807) is 0 Å². The van der Waals surface area contributed by atoms with E-state index in [1.165, 1.54) is 11.8 Å². The molecule has 41 valence electrons. The molecule has 0 aromatic rings. The Morgan fingerprint density at radius 3 is 2.43 bits per heavy atom. The fraction of sp³-hybridized carbons (Fsp3) is 0.750. The maximum atomic E-state index is 9.63. The van der Waals surface area contributed by atoms with Gasteiger partial charge in [-0.25, -0.2) is 9.90 Å². The zero-order chi connectivity index (χ0) is 5.70. The molecule has 0 aromatic heterocycles. The van der Waals surface area contributed by atoms with Gasteiger partial charge >= 0.3 is 5.97 Å². The Hall–Kier alpha value is -0.180. The lowest BCUT2D eigenvalue weighted by Gasteiger charge is -1.83. The standard InChI is InChI=1S/C4H7O2S/c1-2-7-3-4(5)6/h2-3H2,1H3. The Bertz CT molecular complexity index is 62.7. The highest BCUT2D eigenvalue weighted by Gasteiger charge is 1.94. The molecule has 0 aromatic carbocycles. The molecule has 0 spiro atoms. The van der Waals surface area contributed by atoms with Crippen LogP contribution in [-0.2, 0) is 9.90 Å². The van der Waals surface area contributed by atoms with E-state index in [2.05, 4.69) is 0 Å². The lowest BCUT2D eigenvalue weighted by atomic mass is 10.8. The highest BCUT2D eigenvalue weighted by atomic mass is 32.2. The smallest absolute Gasteiger partial charge is 0.246 e. The number of carbonyl (C=O) groups excluding carboxylic acids is 1. The summed E-state index contributed by atoms with van der Waals surface area (Å²) in [6, 6.07) is 0. The fourth-order valence-electron chi connectivity index (χ4n) is 0.185. The highest BCUT2D eigenvalue weighted by molar-refractivity contribution is 7.99. The molecule has 0 saturated carbocycles. The Morgan fingerprint density at radius 2 is 2.29 bits per heavy atom. The second-order valence-corrected chi connectivity index (χ2v) is 2.28. The molecule has 0 amide bonds. The van der Waals surface area contributed by atoms with Gasteiger partial charge in [0.15, 0.2) is 0 Å². The van der Waals surface area contributed by atoms with Crippen LogP contribution >= 0.6 is 11.8 Å². The summed E-state index contributed by atoms with van der Waals surface area (Å²) in [5.74, 6) is -0.0170. The zero-order valence-electron chi connectivity index (χ0n) is 4.14. The molecular formula is C4H7O2S. The maximum Gasteiger partial charge on any atom is 0.365 e. The van der Waals surface area contributed by atoms with Gasteiger partial charge in [-0.15, -0.1) is 0 Å². The topological polar surface area (TPSA) is 37.0 Å². The van der Waals surface area contributed by atoms with Crippen molar-refractivity contribution in [3.8, 4) is 0 Å². The van der Waals surface area contributed by atoms with Crippen molar-refractivity contribution in [1.29, 1.82) is 0 Å². The van der Waals surface area contributed by atoms with Gasteiger partial charge in [-0.3, -0.25) is 0 Å². The van der Waals surface area contributed by atoms with E-state index in [1.807, 2.05) is 6.92 Å². The van der Waals surface area contributed by atoms with E-state index in [0.717, 1.165) is 5.75 Å². The van der Waals surface area contributed by atoms with E-state index in [4.69, 9.17) is 0 Å². The molecule has 0 saturated heterocycles. The Kier molecular flexibility index (Phi) is 3.89. The van der Waals surface area contributed by atoms with Crippen LogP contribution in [0, 0.1) is 0 Å². The van der Waals surface area contributed by atoms with Crippen LogP contribution in [0.3, 0.4) is 0 Å². The molecule has 0 aliphatic carbocycles. The molecule has 0 aliphatic heterocycles. The molecule has 1 radical (unpaired) electrons. The van der Waals surface area contributed by atoms with Crippen LogP contribution in [0.4, 0.5) is 0 Å². The summed E-state index contributed by atoms with van der Waals surface area (Å²) in [4.78, 5) is 9.63. The molecule has 0 fully saturated rings. The van der Waals surface area contributed by atoms with Crippen molar-refractivity contribution in [2.45, 2.75) is 6.92 Å². The van der Waals surface area contributed by atoms with Gasteiger partial charge in [-0.05, 0) is 5.75 Å².